The number of carboxylic acids is 1. The first-order valence-corrected chi connectivity index (χ1v) is 12.9. The summed E-state index contributed by atoms with van der Waals surface area (Å²) in [5.41, 5.74) is -0.921. The summed E-state index contributed by atoms with van der Waals surface area (Å²) >= 11 is 0. The van der Waals surface area contributed by atoms with Gasteiger partial charge in [-0.2, -0.15) is 0 Å². The van der Waals surface area contributed by atoms with Crippen LogP contribution in [0.2, 0.25) is 0 Å². The first-order chi connectivity index (χ1) is 16.5. The minimum absolute atomic E-state index is 0.0394. The lowest BCUT2D eigenvalue weighted by atomic mass is 9.67. The Morgan fingerprint density at radius 3 is 2.36 bits per heavy atom. The number of aliphatic carboxylic acids is 1. The first-order valence-electron chi connectivity index (χ1n) is 12.9. The van der Waals surface area contributed by atoms with Crippen LogP contribution in [0.3, 0.4) is 0 Å². The Balaban J connectivity index is 2.35. The topological polar surface area (TPSA) is 130 Å². The van der Waals surface area contributed by atoms with Crippen LogP contribution >= 0.6 is 0 Å². The monoisotopic (exact) mass is 508 g/mol. The smallest absolute Gasteiger partial charge is 0.309 e. The van der Waals surface area contributed by atoms with Crippen molar-refractivity contribution in [2.45, 2.75) is 110 Å². The molecule has 2 rings (SSSR count). The Kier molecular flexibility index (Phi) is 9.93. The second-order valence-corrected chi connectivity index (χ2v) is 11.8. The van der Waals surface area contributed by atoms with Crippen LogP contribution in [0.25, 0.3) is 0 Å². The van der Waals surface area contributed by atoms with Gasteiger partial charge in [0.25, 0.3) is 0 Å². The zero-order chi connectivity index (χ0) is 27.3. The number of carboxylic acid groups (broad SMARTS) is 1. The molecule has 1 saturated carbocycles. The number of fused-ring (bicyclic) bond motifs is 1. The fraction of sp³-hybridized carbons (Fsp3) is 0.750. The van der Waals surface area contributed by atoms with E-state index in [0.717, 1.165) is 37.7 Å². The molecule has 0 aromatic carbocycles. The third kappa shape index (κ3) is 8.44. The second-order valence-electron chi connectivity index (χ2n) is 11.8. The molecular formula is C28H44O8. The van der Waals surface area contributed by atoms with Gasteiger partial charge in [-0.3, -0.25) is 14.4 Å². The molecule has 3 N–H and O–H groups in total. The molecule has 0 bridgehead atoms. The fourth-order valence-electron chi connectivity index (χ4n) is 5.91. The van der Waals surface area contributed by atoms with Crippen molar-refractivity contribution in [1.29, 1.82) is 0 Å². The summed E-state index contributed by atoms with van der Waals surface area (Å²) in [5, 5.41) is 30.1. The van der Waals surface area contributed by atoms with E-state index in [0.29, 0.717) is 6.42 Å². The average molecular weight is 509 g/mol. The fourth-order valence-corrected chi connectivity index (χ4v) is 5.91. The first kappa shape index (κ1) is 30.0. The summed E-state index contributed by atoms with van der Waals surface area (Å²) in [6.45, 7) is 10.5. The number of hydrogen-bond acceptors (Lipinski definition) is 7. The lowest BCUT2D eigenvalue weighted by molar-refractivity contribution is -0.153. The quantitative estimate of drug-likeness (QED) is 0.326. The highest BCUT2D eigenvalue weighted by molar-refractivity contribution is 5.74. The van der Waals surface area contributed by atoms with E-state index in [4.69, 9.17) is 14.6 Å². The van der Waals surface area contributed by atoms with Crippen molar-refractivity contribution < 1.29 is 39.2 Å². The normalized spacial score (nSPS) is 31.9. The Bertz CT molecular complexity index is 878. The third-order valence-electron chi connectivity index (χ3n) is 7.85. The van der Waals surface area contributed by atoms with Crippen molar-refractivity contribution in [3.8, 4) is 0 Å². The average Bonchev–Trinajstić information content (AvgIpc) is 3.04. The molecule has 0 saturated heterocycles. The van der Waals surface area contributed by atoms with Gasteiger partial charge in [-0.05, 0) is 89.7 Å². The van der Waals surface area contributed by atoms with Crippen LogP contribution in [0.15, 0.2) is 23.3 Å². The Morgan fingerprint density at radius 1 is 1.11 bits per heavy atom. The summed E-state index contributed by atoms with van der Waals surface area (Å²) in [7, 11) is 0. The molecule has 36 heavy (non-hydrogen) atoms. The summed E-state index contributed by atoms with van der Waals surface area (Å²) in [6, 6.07) is 0. The van der Waals surface area contributed by atoms with E-state index >= 15 is 0 Å². The molecule has 0 heterocycles. The van der Waals surface area contributed by atoms with E-state index in [9.17, 15) is 24.6 Å². The molecule has 2 unspecified atom stereocenters. The van der Waals surface area contributed by atoms with E-state index in [1.165, 1.54) is 19.4 Å². The van der Waals surface area contributed by atoms with Crippen molar-refractivity contribution >= 4 is 17.9 Å². The molecule has 8 heteroatoms. The molecule has 0 aromatic heterocycles. The Hall–Kier alpha value is -2.19. The zero-order valence-corrected chi connectivity index (χ0v) is 22.6. The van der Waals surface area contributed by atoms with Gasteiger partial charge in [0.2, 0.25) is 0 Å². The predicted octanol–water partition coefficient (Wildman–Crippen LogP) is 4.33. The van der Waals surface area contributed by atoms with Gasteiger partial charge >= 0.3 is 17.9 Å². The predicted molar refractivity (Wildman–Crippen MR) is 135 cm³/mol. The molecule has 0 spiro atoms. The number of carbonyl (C=O) groups is 3. The molecule has 0 amide bonds. The van der Waals surface area contributed by atoms with Crippen molar-refractivity contribution in [2.75, 3.05) is 6.61 Å². The maximum Gasteiger partial charge on any atom is 0.309 e. The largest absolute Gasteiger partial charge is 0.481 e. The number of aliphatic hydroxyl groups is 2. The zero-order valence-electron chi connectivity index (χ0n) is 22.6. The van der Waals surface area contributed by atoms with E-state index < -0.39 is 53.5 Å². The highest BCUT2D eigenvalue weighted by Gasteiger charge is 2.53. The van der Waals surface area contributed by atoms with Gasteiger partial charge in [-0.1, -0.05) is 18.6 Å². The van der Waals surface area contributed by atoms with Gasteiger partial charge in [-0.15, -0.1) is 0 Å². The van der Waals surface area contributed by atoms with Crippen LogP contribution in [0.4, 0.5) is 0 Å². The lowest BCUT2D eigenvalue weighted by Crippen LogP contribution is -2.43. The number of ether oxygens (including phenoxy) is 2. The third-order valence-corrected chi connectivity index (χ3v) is 7.85. The molecule has 0 radical (unpaired) electrons. The highest BCUT2D eigenvalue weighted by Crippen LogP contribution is 2.55. The number of carbonyl (C=O) groups excluding carboxylic acids is 2. The number of esters is 2. The maximum atomic E-state index is 12.4. The minimum Gasteiger partial charge on any atom is -0.481 e. The van der Waals surface area contributed by atoms with Crippen molar-refractivity contribution in [3.05, 3.63) is 23.3 Å². The van der Waals surface area contributed by atoms with Gasteiger partial charge in [0.15, 0.2) is 0 Å². The molecule has 1 fully saturated rings. The summed E-state index contributed by atoms with van der Waals surface area (Å²) in [5.74, 6) is -2.11. The van der Waals surface area contributed by atoms with Gasteiger partial charge in [0.05, 0.1) is 24.0 Å². The van der Waals surface area contributed by atoms with Gasteiger partial charge in [-0.25, -0.2) is 0 Å². The summed E-state index contributed by atoms with van der Waals surface area (Å²) < 4.78 is 11.3. The molecular weight excluding hydrogens is 464 g/mol. The molecule has 5 atom stereocenters. The molecule has 2 aliphatic rings. The molecule has 204 valence electrons. The van der Waals surface area contributed by atoms with E-state index in [2.05, 4.69) is 19.9 Å². The molecule has 2 aliphatic carbocycles. The van der Waals surface area contributed by atoms with Gasteiger partial charge in [0, 0.05) is 12.3 Å². The second kappa shape index (κ2) is 11.9. The van der Waals surface area contributed by atoms with Crippen LogP contribution in [0.5, 0.6) is 0 Å². The summed E-state index contributed by atoms with van der Waals surface area (Å²) in [6.07, 6.45) is 7.23. The number of hydrogen-bond donors (Lipinski definition) is 3. The van der Waals surface area contributed by atoms with Crippen molar-refractivity contribution in [1.82, 2.24) is 0 Å². The molecule has 0 aromatic rings. The van der Waals surface area contributed by atoms with E-state index in [1.54, 1.807) is 0 Å². The van der Waals surface area contributed by atoms with Crippen LogP contribution in [0.1, 0.15) is 92.9 Å². The Labute approximate surface area is 214 Å². The van der Waals surface area contributed by atoms with E-state index in [-0.39, 0.29) is 18.4 Å². The summed E-state index contributed by atoms with van der Waals surface area (Å²) in [4.78, 5) is 35.5. The maximum absolute atomic E-state index is 12.4. The van der Waals surface area contributed by atoms with Gasteiger partial charge < -0.3 is 24.8 Å². The van der Waals surface area contributed by atoms with Crippen LogP contribution < -0.4 is 0 Å². The van der Waals surface area contributed by atoms with Crippen LogP contribution in [-0.4, -0.2) is 57.1 Å². The number of allylic oxidation sites excluding steroid dienone is 2. The van der Waals surface area contributed by atoms with E-state index in [1.807, 2.05) is 19.9 Å². The lowest BCUT2D eigenvalue weighted by Gasteiger charge is -2.42. The molecule has 0 aliphatic heterocycles. The standard InChI is InChI=1S/C28H44O8/c1-18-8-7-9-20(17-35-25(32)16-27(5,34)15-24(30)31)14-23(36-19(2)29)28(6)13-12-21(26(3,4)33)22(28)11-10-18/h8,14,21-23,33-34H,7,9-13,15-17H2,1-6H3,(H,30,31)/b18-8+,20-14-/t21?,22-,23-,27?,28-/m0/s1. The van der Waals surface area contributed by atoms with Crippen LogP contribution in [-0.2, 0) is 23.9 Å². The van der Waals surface area contributed by atoms with Gasteiger partial charge in [0.1, 0.15) is 12.7 Å². The Morgan fingerprint density at radius 2 is 1.78 bits per heavy atom. The van der Waals surface area contributed by atoms with Crippen molar-refractivity contribution in [2.24, 2.45) is 17.3 Å². The van der Waals surface area contributed by atoms with Crippen molar-refractivity contribution in [3.63, 3.8) is 0 Å². The minimum atomic E-state index is -1.71. The van der Waals surface area contributed by atoms with Crippen LogP contribution in [0, 0.1) is 17.3 Å². The molecule has 8 nitrogen and oxygen atoms in total. The number of rotatable bonds is 8. The highest BCUT2D eigenvalue weighted by atomic mass is 16.5. The SMILES string of the molecule is CC(=O)O[C@H]1/C=C(\COC(=O)CC(C)(O)CC(=O)O)CC/C=C(\C)CC[C@H]2C(C(C)(C)O)CC[C@]12C.